The third kappa shape index (κ3) is 3.89. The van der Waals surface area contributed by atoms with Crippen molar-refractivity contribution in [2.45, 2.75) is 59.9 Å². The summed E-state index contributed by atoms with van der Waals surface area (Å²) in [6, 6.07) is 8.78. The maximum atomic E-state index is 5.29. The highest BCUT2D eigenvalue weighted by atomic mass is 15.3. The van der Waals surface area contributed by atoms with Crippen LogP contribution < -0.4 is 4.90 Å². The fourth-order valence-electron chi connectivity index (χ4n) is 5.54. The van der Waals surface area contributed by atoms with Crippen molar-refractivity contribution in [1.82, 2.24) is 29.7 Å². The predicted octanol–water partition coefficient (Wildman–Crippen LogP) is 5.76. The van der Waals surface area contributed by atoms with Crippen LogP contribution in [0.4, 0.5) is 5.95 Å². The molecule has 188 valence electrons. The van der Waals surface area contributed by atoms with Crippen molar-refractivity contribution < 1.29 is 0 Å². The fraction of sp³-hybridized carbons (Fsp3) is 0.333. The minimum absolute atomic E-state index is 0.714. The molecule has 0 atom stereocenters. The molecule has 1 N–H and O–H groups in total. The van der Waals surface area contributed by atoms with Crippen LogP contribution in [0.1, 0.15) is 54.4 Å². The molecular formula is C30H33N7. The Bertz CT molecular complexity index is 1550. The van der Waals surface area contributed by atoms with Crippen LogP contribution in [0.5, 0.6) is 0 Å². The first-order valence-corrected chi connectivity index (χ1v) is 13.3. The minimum Gasteiger partial charge on any atom is -0.360 e. The Hall–Kier alpha value is -4.00. The van der Waals surface area contributed by atoms with Gasteiger partial charge < -0.3 is 9.88 Å². The second kappa shape index (κ2) is 9.47. The van der Waals surface area contributed by atoms with Crippen LogP contribution in [0.2, 0.25) is 0 Å². The molecule has 0 saturated heterocycles. The van der Waals surface area contributed by atoms with Crippen molar-refractivity contribution in [3.8, 4) is 16.9 Å². The first-order chi connectivity index (χ1) is 18.1. The maximum absolute atomic E-state index is 5.29. The molecule has 1 aromatic carbocycles. The van der Waals surface area contributed by atoms with E-state index >= 15 is 0 Å². The molecule has 4 aromatic heterocycles. The molecule has 1 aliphatic rings. The molecule has 0 fully saturated rings. The van der Waals surface area contributed by atoms with Gasteiger partial charge >= 0.3 is 0 Å². The maximum Gasteiger partial charge on any atom is 0.225 e. The van der Waals surface area contributed by atoms with E-state index in [4.69, 9.17) is 20.1 Å². The molecule has 0 amide bonds. The average Bonchev–Trinajstić information content (AvgIpc) is 3.58. The van der Waals surface area contributed by atoms with Gasteiger partial charge in [-0.1, -0.05) is 39.0 Å². The molecule has 5 heterocycles. The lowest BCUT2D eigenvalue weighted by Gasteiger charge is -2.27. The quantitative estimate of drug-likeness (QED) is 0.327. The number of hydrogen-bond acceptors (Lipinski definition) is 5. The van der Waals surface area contributed by atoms with Crippen molar-refractivity contribution in [2.75, 3.05) is 11.4 Å². The summed E-state index contributed by atoms with van der Waals surface area (Å²) in [5, 5.41) is 6.47. The number of nitrogens with one attached hydrogen (secondary N) is 1. The number of H-pyrrole nitrogens is 1. The van der Waals surface area contributed by atoms with Gasteiger partial charge in [-0.15, -0.1) is 0 Å². The molecular weight excluding hydrogens is 458 g/mol. The molecule has 7 nitrogen and oxygen atoms in total. The van der Waals surface area contributed by atoms with E-state index < -0.39 is 0 Å². The highest BCUT2D eigenvalue weighted by Crippen LogP contribution is 2.38. The summed E-state index contributed by atoms with van der Waals surface area (Å²) in [5.74, 6) is 0.776. The lowest BCUT2D eigenvalue weighted by molar-refractivity contribution is 0.693. The van der Waals surface area contributed by atoms with E-state index in [1.54, 1.807) is 0 Å². The fourth-order valence-corrected chi connectivity index (χ4v) is 5.54. The number of rotatable bonds is 6. The molecule has 0 bridgehead atoms. The number of fused-ring (bicyclic) bond motifs is 2. The molecule has 0 spiro atoms. The number of anilines is 1. The normalized spacial score (nSPS) is 13.4. The topological polar surface area (TPSA) is 75.5 Å². The first-order valence-electron chi connectivity index (χ1n) is 13.3. The number of nitrogens with zero attached hydrogens (tertiary/aromatic N) is 6. The zero-order chi connectivity index (χ0) is 25.5. The highest BCUT2D eigenvalue weighted by Gasteiger charge is 2.29. The van der Waals surface area contributed by atoms with Crippen LogP contribution in [-0.2, 0) is 32.2 Å². The average molecular weight is 492 g/mol. The van der Waals surface area contributed by atoms with Crippen LogP contribution in [0.3, 0.4) is 0 Å². The number of pyridine rings is 1. The minimum atomic E-state index is 0.714. The Morgan fingerprint density at radius 2 is 1.68 bits per heavy atom. The van der Waals surface area contributed by atoms with Gasteiger partial charge in [0.1, 0.15) is 0 Å². The number of para-hydroxylation sites is 1. The third-order valence-electron chi connectivity index (χ3n) is 7.64. The largest absolute Gasteiger partial charge is 0.360 e. The summed E-state index contributed by atoms with van der Waals surface area (Å²) < 4.78 is 2.21. The summed E-state index contributed by atoms with van der Waals surface area (Å²) in [6.07, 6.45) is 11.6. The van der Waals surface area contributed by atoms with Crippen molar-refractivity contribution in [1.29, 1.82) is 0 Å². The van der Waals surface area contributed by atoms with Crippen molar-refractivity contribution in [3.05, 3.63) is 82.7 Å². The van der Waals surface area contributed by atoms with Crippen LogP contribution >= 0.6 is 0 Å². The first kappa shape index (κ1) is 23.4. The number of benzene rings is 1. The van der Waals surface area contributed by atoms with Gasteiger partial charge in [-0.3, -0.25) is 4.98 Å². The van der Waals surface area contributed by atoms with Gasteiger partial charge in [0, 0.05) is 60.8 Å². The SMILES string of the molecule is CCc1cnc(N2CCc3nn(-c4c(CC)cccc4CC)c(-c4cnc(C)c5[nH]ccc45)c3C2)nc1. The van der Waals surface area contributed by atoms with E-state index in [1.165, 1.54) is 27.8 Å². The van der Waals surface area contributed by atoms with Gasteiger partial charge in [0.15, 0.2) is 0 Å². The van der Waals surface area contributed by atoms with Gasteiger partial charge in [-0.2, -0.15) is 5.10 Å². The van der Waals surface area contributed by atoms with Crippen molar-refractivity contribution in [2.24, 2.45) is 0 Å². The zero-order valence-electron chi connectivity index (χ0n) is 22.0. The monoisotopic (exact) mass is 491 g/mol. The van der Waals surface area contributed by atoms with Crippen LogP contribution in [0, 0.1) is 6.92 Å². The van der Waals surface area contributed by atoms with E-state index in [1.807, 2.05) is 24.8 Å². The van der Waals surface area contributed by atoms with E-state index in [-0.39, 0.29) is 0 Å². The van der Waals surface area contributed by atoms with E-state index in [0.717, 1.165) is 71.9 Å². The summed E-state index contributed by atoms with van der Waals surface area (Å²) in [6.45, 7) is 10.2. The highest BCUT2D eigenvalue weighted by molar-refractivity contribution is 5.96. The lowest BCUT2D eigenvalue weighted by Crippen LogP contribution is -2.31. The molecule has 37 heavy (non-hydrogen) atoms. The molecule has 5 aromatic rings. The molecule has 7 heteroatoms. The number of aryl methyl sites for hydroxylation is 4. The van der Waals surface area contributed by atoms with Gasteiger partial charge in [-0.05, 0) is 48.9 Å². The Morgan fingerprint density at radius 3 is 2.38 bits per heavy atom. The zero-order valence-corrected chi connectivity index (χ0v) is 22.0. The lowest BCUT2D eigenvalue weighted by atomic mass is 9.98. The van der Waals surface area contributed by atoms with Crippen molar-refractivity contribution in [3.63, 3.8) is 0 Å². The van der Waals surface area contributed by atoms with Crippen LogP contribution in [0.15, 0.2) is 49.1 Å². The summed E-state index contributed by atoms with van der Waals surface area (Å²) in [7, 11) is 0. The van der Waals surface area contributed by atoms with E-state index in [0.29, 0.717) is 6.54 Å². The molecule has 1 aliphatic heterocycles. The molecule has 0 unspecified atom stereocenters. The Kier molecular flexibility index (Phi) is 5.99. The second-order valence-electron chi connectivity index (χ2n) is 9.76. The third-order valence-corrected chi connectivity index (χ3v) is 7.64. The standard InChI is InChI=1S/C30H33N7/c1-5-20-15-33-30(34-16-20)36-14-12-26-25(18-36)29(24-17-32-19(4)27-23(24)11-13-31-27)37(35-26)28-21(6-2)9-8-10-22(28)7-3/h8-11,13,15-17,31H,5-7,12,14,18H2,1-4H3. The Labute approximate surface area is 217 Å². The number of aromatic nitrogens is 6. The van der Waals surface area contributed by atoms with Gasteiger partial charge in [0.25, 0.3) is 0 Å². The summed E-state index contributed by atoms with van der Waals surface area (Å²) in [5.41, 5.74) is 11.6. The van der Waals surface area contributed by atoms with Crippen molar-refractivity contribution >= 4 is 16.9 Å². The van der Waals surface area contributed by atoms with E-state index in [2.05, 4.69) is 66.5 Å². The van der Waals surface area contributed by atoms with Gasteiger partial charge in [-0.25, -0.2) is 14.6 Å². The van der Waals surface area contributed by atoms with Gasteiger partial charge in [0.05, 0.1) is 28.3 Å². The van der Waals surface area contributed by atoms with Crippen LogP contribution in [-0.4, -0.2) is 36.3 Å². The van der Waals surface area contributed by atoms with Crippen LogP contribution in [0.25, 0.3) is 27.8 Å². The summed E-state index contributed by atoms with van der Waals surface area (Å²) in [4.78, 5) is 19.8. The smallest absolute Gasteiger partial charge is 0.225 e. The molecule has 0 aliphatic carbocycles. The Morgan fingerprint density at radius 1 is 0.919 bits per heavy atom. The molecule has 0 saturated carbocycles. The number of aromatic amines is 1. The predicted molar refractivity (Wildman–Crippen MR) is 148 cm³/mol. The molecule has 6 rings (SSSR count). The van der Waals surface area contributed by atoms with E-state index in [9.17, 15) is 0 Å². The Balaban J connectivity index is 1.58. The summed E-state index contributed by atoms with van der Waals surface area (Å²) >= 11 is 0. The number of hydrogen-bond donors (Lipinski definition) is 1. The second-order valence-corrected chi connectivity index (χ2v) is 9.76. The molecule has 0 radical (unpaired) electrons. The van der Waals surface area contributed by atoms with Gasteiger partial charge in [0.2, 0.25) is 5.95 Å².